The van der Waals surface area contributed by atoms with Gasteiger partial charge in [0, 0.05) is 12.0 Å². The average molecular weight is 388 g/mol. The second-order valence-corrected chi connectivity index (χ2v) is 11.4. The Morgan fingerprint density at radius 1 is 1.00 bits per heavy atom. The fourth-order valence-electron chi connectivity index (χ4n) is 8.48. The zero-order valence-electron chi connectivity index (χ0n) is 17.8. The predicted octanol–water partition coefficient (Wildman–Crippen LogP) is 5.04. The number of fused-ring (bicyclic) bond motifs is 5. The first-order valence-corrected chi connectivity index (χ1v) is 11.6. The van der Waals surface area contributed by atoms with Crippen LogP contribution in [0, 0.1) is 34.5 Å². The zero-order valence-corrected chi connectivity index (χ0v) is 17.8. The maximum atomic E-state index is 10.7. The van der Waals surface area contributed by atoms with Crippen molar-refractivity contribution in [3.63, 3.8) is 0 Å². The summed E-state index contributed by atoms with van der Waals surface area (Å²) in [5.41, 5.74) is 1.35. The van der Waals surface area contributed by atoms with Crippen molar-refractivity contribution >= 4 is 0 Å². The number of aliphatic hydroxyl groups excluding tert-OH is 1. The van der Waals surface area contributed by atoms with Crippen LogP contribution in [0.5, 0.6) is 0 Å². The average Bonchev–Trinajstić information content (AvgIpc) is 3.25. The summed E-state index contributed by atoms with van der Waals surface area (Å²) in [6.07, 6.45) is 10.9. The van der Waals surface area contributed by atoms with E-state index < -0.39 is 5.60 Å². The van der Waals surface area contributed by atoms with Crippen molar-refractivity contribution in [3.8, 4) is 0 Å². The topological polar surface area (TPSA) is 66.5 Å². The van der Waals surface area contributed by atoms with Gasteiger partial charge in [0.1, 0.15) is 6.61 Å². The molecular formula is C24H37NO3. The third kappa shape index (κ3) is 2.66. The van der Waals surface area contributed by atoms with Crippen LogP contribution >= 0.6 is 0 Å². The van der Waals surface area contributed by atoms with E-state index in [0.29, 0.717) is 28.4 Å². The first-order valence-electron chi connectivity index (χ1n) is 11.6. The highest BCUT2D eigenvalue weighted by molar-refractivity contribution is 5.20. The van der Waals surface area contributed by atoms with Crippen molar-refractivity contribution in [2.45, 2.75) is 96.7 Å². The van der Waals surface area contributed by atoms with Crippen LogP contribution in [0.15, 0.2) is 10.6 Å². The molecule has 0 bridgehead atoms. The Morgan fingerprint density at radius 3 is 2.54 bits per heavy atom. The number of aliphatic hydroxyl groups is 2. The van der Waals surface area contributed by atoms with E-state index in [1.165, 1.54) is 44.9 Å². The van der Waals surface area contributed by atoms with E-state index >= 15 is 0 Å². The minimum atomic E-state index is -0.448. The summed E-state index contributed by atoms with van der Waals surface area (Å²) in [5.74, 6) is 4.20. The Labute approximate surface area is 169 Å². The molecule has 3 unspecified atom stereocenters. The van der Waals surface area contributed by atoms with Crippen LogP contribution in [0.1, 0.15) is 95.9 Å². The molecule has 2 N–H and O–H groups in total. The Morgan fingerprint density at radius 2 is 1.79 bits per heavy atom. The largest absolute Gasteiger partial charge is 0.390 e. The summed E-state index contributed by atoms with van der Waals surface area (Å²) in [6.45, 7) is 7.06. The van der Waals surface area contributed by atoms with Crippen molar-refractivity contribution in [2.75, 3.05) is 0 Å². The Hall–Kier alpha value is -0.870. The lowest BCUT2D eigenvalue weighted by Gasteiger charge is -2.61. The third-order valence-corrected chi connectivity index (χ3v) is 10.0. The Balaban J connectivity index is 1.41. The van der Waals surface area contributed by atoms with Crippen molar-refractivity contribution in [1.29, 1.82) is 0 Å². The summed E-state index contributed by atoms with van der Waals surface area (Å²) in [4.78, 5) is 0. The van der Waals surface area contributed by atoms with Crippen LogP contribution < -0.4 is 0 Å². The molecule has 5 rings (SSSR count). The Bertz CT molecular complexity index is 742. The highest BCUT2D eigenvalue weighted by Gasteiger charge is 2.61. The molecule has 8 atom stereocenters. The van der Waals surface area contributed by atoms with E-state index in [1.807, 2.05) is 6.07 Å². The van der Waals surface area contributed by atoms with Crippen molar-refractivity contribution in [3.05, 3.63) is 17.5 Å². The van der Waals surface area contributed by atoms with Crippen LogP contribution in [-0.4, -0.2) is 21.0 Å². The number of rotatable bonds is 2. The fraction of sp³-hybridized carbons (Fsp3) is 0.875. The first-order chi connectivity index (χ1) is 13.3. The SMILES string of the molecule is CC1(O)CC[C@@]2(C)C(CC[C@@H]3[C@H]2CC[C@]2(C)C(c4cc(CO)on4)CC[C@@H]32)C1. The van der Waals surface area contributed by atoms with Gasteiger partial charge >= 0.3 is 0 Å². The van der Waals surface area contributed by atoms with Crippen LogP contribution in [0.2, 0.25) is 0 Å². The smallest absolute Gasteiger partial charge is 0.162 e. The lowest BCUT2D eigenvalue weighted by atomic mass is 9.44. The minimum Gasteiger partial charge on any atom is -0.390 e. The number of nitrogens with zero attached hydrogens (tertiary/aromatic N) is 1. The summed E-state index contributed by atoms with van der Waals surface area (Å²) in [5, 5.41) is 24.4. The number of aromatic nitrogens is 1. The molecule has 4 heteroatoms. The van der Waals surface area contributed by atoms with Crippen LogP contribution in [-0.2, 0) is 6.61 Å². The standard InChI is InChI=1S/C24H37NO3/c1-22(27)10-11-23(2)15(13-22)4-5-17-18-6-7-20(21-12-16(14-26)28-25-21)24(18,3)9-8-19(17)23/h12,15,17-20,26-27H,4-11,13-14H2,1-3H3/t15?,17-,18-,19+,20?,22?,23-,24-/m0/s1. The second kappa shape index (κ2) is 6.31. The molecule has 0 spiro atoms. The molecule has 0 aromatic carbocycles. The second-order valence-electron chi connectivity index (χ2n) is 11.4. The quantitative estimate of drug-likeness (QED) is 0.746. The summed E-state index contributed by atoms with van der Waals surface area (Å²) in [6, 6.07) is 1.99. The molecule has 28 heavy (non-hydrogen) atoms. The van der Waals surface area contributed by atoms with Crippen LogP contribution in [0.3, 0.4) is 0 Å². The highest BCUT2D eigenvalue weighted by Crippen LogP contribution is 2.69. The van der Waals surface area contributed by atoms with Crippen LogP contribution in [0.25, 0.3) is 0 Å². The van der Waals surface area contributed by atoms with E-state index in [4.69, 9.17) is 4.52 Å². The van der Waals surface area contributed by atoms with E-state index in [0.717, 1.165) is 36.3 Å². The third-order valence-electron chi connectivity index (χ3n) is 10.0. The first kappa shape index (κ1) is 19.1. The molecule has 4 fully saturated rings. The molecule has 1 aromatic rings. The molecule has 1 aromatic heterocycles. The predicted molar refractivity (Wildman–Crippen MR) is 108 cm³/mol. The van der Waals surface area contributed by atoms with E-state index in [2.05, 4.69) is 25.9 Å². The highest BCUT2D eigenvalue weighted by atomic mass is 16.5. The molecule has 0 saturated heterocycles. The summed E-state index contributed by atoms with van der Waals surface area (Å²) < 4.78 is 5.34. The monoisotopic (exact) mass is 387 g/mol. The maximum absolute atomic E-state index is 10.7. The normalized spacial score (nSPS) is 50.7. The van der Waals surface area contributed by atoms with Gasteiger partial charge in [0.2, 0.25) is 0 Å². The van der Waals surface area contributed by atoms with Gasteiger partial charge in [-0.1, -0.05) is 19.0 Å². The Kier molecular flexibility index (Phi) is 4.31. The fourth-order valence-corrected chi connectivity index (χ4v) is 8.48. The molecule has 4 saturated carbocycles. The van der Waals surface area contributed by atoms with Gasteiger partial charge in [-0.25, -0.2) is 0 Å². The van der Waals surface area contributed by atoms with Gasteiger partial charge < -0.3 is 14.7 Å². The van der Waals surface area contributed by atoms with Crippen molar-refractivity contribution in [2.24, 2.45) is 34.5 Å². The lowest BCUT2D eigenvalue weighted by Crippen LogP contribution is -2.55. The van der Waals surface area contributed by atoms with Gasteiger partial charge in [0.15, 0.2) is 5.76 Å². The summed E-state index contributed by atoms with van der Waals surface area (Å²) in [7, 11) is 0. The molecule has 4 nitrogen and oxygen atoms in total. The van der Waals surface area contributed by atoms with Gasteiger partial charge in [-0.3, -0.25) is 0 Å². The van der Waals surface area contributed by atoms with Crippen LogP contribution in [0.4, 0.5) is 0 Å². The van der Waals surface area contributed by atoms with Crippen molar-refractivity contribution < 1.29 is 14.7 Å². The van der Waals surface area contributed by atoms with E-state index in [1.54, 1.807) is 0 Å². The summed E-state index contributed by atoms with van der Waals surface area (Å²) >= 11 is 0. The number of hydrogen-bond donors (Lipinski definition) is 2. The molecule has 0 amide bonds. The van der Waals surface area contributed by atoms with Crippen molar-refractivity contribution in [1.82, 2.24) is 5.16 Å². The van der Waals surface area contributed by atoms with Gasteiger partial charge in [0.05, 0.1) is 11.3 Å². The molecule has 0 radical (unpaired) electrons. The van der Waals surface area contributed by atoms with Gasteiger partial charge in [-0.15, -0.1) is 0 Å². The van der Waals surface area contributed by atoms with Gasteiger partial charge in [-0.2, -0.15) is 0 Å². The molecular weight excluding hydrogens is 350 g/mol. The number of hydrogen-bond acceptors (Lipinski definition) is 4. The van der Waals surface area contributed by atoms with E-state index in [9.17, 15) is 10.2 Å². The zero-order chi connectivity index (χ0) is 19.7. The molecule has 0 aliphatic heterocycles. The molecule has 4 aliphatic carbocycles. The molecule has 1 heterocycles. The maximum Gasteiger partial charge on any atom is 0.162 e. The molecule has 156 valence electrons. The van der Waals surface area contributed by atoms with Gasteiger partial charge in [0.25, 0.3) is 0 Å². The molecule has 4 aliphatic rings. The van der Waals surface area contributed by atoms with Gasteiger partial charge in [-0.05, 0) is 99.2 Å². The lowest BCUT2D eigenvalue weighted by molar-refractivity contribution is -0.143. The van der Waals surface area contributed by atoms with E-state index in [-0.39, 0.29) is 6.61 Å². The minimum absolute atomic E-state index is 0.0614.